The third kappa shape index (κ3) is 4.89. The second kappa shape index (κ2) is 11.3. The van der Waals surface area contributed by atoms with Crippen molar-refractivity contribution >= 4 is 41.2 Å². The van der Waals surface area contributed by atoms with Crippen LogP contribution in [-0.2, 0) is 27.3 Å². The monoisotopic (exact) mass is 508 g/mol. The number of rotatable bonds is 4. The first-order valence-corrected chi connectivity index (χ1v) is 10.4. The maximum absolute atomic E-state index is 12.6. The molecule has 1 aliphatic carbocycles. The number of hydrogen-bond acceptors (Lipinski definition) is 1. The van der Waals surface area contributed by atoms with Crippen LogP contribution in [0.4, 0.5) is 0 Å². The second-order valence-electron chi connectivity index (χ2n) is 7.97. The summed E-state index contributed by atoms with van der Waals surface area (Å²) >= 11 is 0. The molecule has 0 unspecified atom stereocenters. The van der Waals surface area contributed by atoms with Gasteiger partial charge in [-0.3, -0.25) is 0 Å². The fraction of sp³-hybridized carbons (Fsp3) is 0.103. The minimum absolute atomic E-state index is 0. The van der Waals surface area contributed by atoms with Crippen molar-refractivity contribution in [2.24, 2.45) is 0 Å². The summed E-state index contributed by atoms with van der Waals surface area (Å²) in [6.07, 6.45) is 5.37. The van der Waals surface area contributed by atoms with Gasteiger partial charge in [0.05, 0.1) is 0 Å². The van der Waals surface area contributed by atoms with E-state index in [-0.39, 0.29) is 46.5 Å². The van der Waals surface area contributed by atoms with E-state index in [2.05, 4.69) is 55.5 Å². The van der Waals surface area contributed by atoms with E-state index < -0.39 is 5.60 Å². The van der Waals surface area contributed by atoms with Gasteiger partial charge in [0.25, 0.3) is 0 Å². The number of allylic oxidation sites excluding steroid dienone is 4. The van der Waals surface area contributed by atoms with Crippen LogP contribution in [0.2, 0.25) is 0 Å². The summed E-state index contributed by atoms with van der Waals surface area (Å²) in [5, 5.41) is 14.8. The molecule has 0 saturated heterocycles. The summed E-state index contributed by atoms with van der Waals surface area (Å²) in [6.45, 7) is 2.13. The minimum Gasteiger partial charge on any atom is -0.376 e. The van der Waals surface area contributed by atoms with E-state index in [1.807, 2.05) is 60.7 Å². The Balaban J connectivity index is 0.00000128. The van der Waals surface area contributed by atoms with Gasteiger partial charge in [0.1, 0.15) is 5.60 Å². The summed E-state index contributed by atoms with van der Waals surface area (Å²) in [6, 6.07) is 32.7. The molecule has 1 nitrogen and oxygen atoms in total. The fourth-order valence-electron chi connectivity index (χ4n) is 4.59. The zero-order chi connectivity index (χ0) is 20.6. The average Bonchev–Trinajstić information content (AvgIpc) is 3.25. The standard InChI is InChI=1S/C29H24O.2ClH.Ti/c1-21-16-17-23(20-21)27-19-18-22-10-8-9-15-26(22)28(27)29(30,24-11-4-2-5-12-24)25-13-6-3-7-14-25;;;/h2-16,18-20,30H,17H2,1H3;2*1H;. The van der Waals surface area contributed by atoms with Gasteiger partial charge in [-0.1, -0.05) is 115 Å². The molecule has 4 aromatic rings. The second-order valence-corrected chi connectivity index (χ2v) is 7.97. The van der Waals surface area contributed by atoms with Crippen LogP contribution < -0.4 is 0 Å². The smallest absolute Gasteiger partial charge is 0.141 e. The Kier molecular flexibility index (Phi) is 9.32. The molecule has 0 radical (unpaired) electrons. The van der Waals surface area contributed by atoms with Crippen LogP contribution in [0.5, 0.6) is 0 Å². The Morgan fingerprint density at radius 1 is 0.697 bits per heavy atom. The molecule has 4 heteroatoms. The first-order valence-electron chi connectivity index (χ1n) is 10.4. The van der Waals surface area contributed by atoms with E-state index in [1.54, 1.807) is 0 Å². The minimum atomic E-state index is -1.27. The Bertz CT molecular complexity index is 1240. The molecule has 0 saturated carbocycles. The van der Waals surface area contributed by atoms with Crippen LogP contribution in [0, 0.1) is 0 Å². The molecule has 0 spiro atoms. The van der Waals surface area contributed by atoms with E-state index in [9.17, 15) is 5.11 Å². The van der Waals surface area contributed by atoms with Gasteiger partial charge in [-0.05, 0) is 46.4 Å². The van der Waals surface area contributed by atoms with E-state index in [0.717, 1.165) is 39.4 Å². The number of hydrogen-bond donors (Lipinski definition) is 1. The van der Waals surface area contributed by atoms with Crippen LogP contribution in [0.15, 0.2) is 115 Å². The molecule has 0 atom stereocenters. The Morgan fingerprint density at radius 3 is 1.79 bits per heavy atom. The molecule has 166 valence electrons. The van der Waals surface area contributed by atoms with Gasteiger partial charge >= 0.3 is 0 Å². The van der Waals surface area contributed by atoms with E-state index in [0.29, 0.717) is 0 Å². The fourth-order valence-corrected chi connectivity index (χ4v) is 4.59. The van der Waals surface area contributed by atoms with Crippen LogP contribution in [-0.4, -0.2) is 5.11 Å². The largest absolute Gasteiger partial charge is 0.376 e. The van der Waals surface area contributed by atoms with Crippen LogP contribution in [0.25, 0.3) is 16.3 Å². The van der Waals surface area contributed by atoms with Crippen LogP contribution in [0.1, 0.15) is 35.6 Å². The van der Waals surface area contributed by atoms with Gasteiger partial charge in [0, 0.05) is 27.3 Å². The van der Waals surface area contributed by atoms with Gasteiger partial charge in [0.2, 0.25) is 0 Å². The van der Waals surface area contributed by atoms with Gasteiger partial charge < -0.3 is 5.11 Å². The van der Waals surface area contributed by atoms with Crippen LogP contribution >= 0.6 is 24.8 Å². The van der Waals surface area contributed by atoms with Crippen molar-refractivity contribution in [1.29, 1.82) is 0 Å². The maximum Gasteiger partial charge on any atom is 0.141 e. The predicted octanol–water partition coefficient (Wildman–Crippen LogP) is 7.70. The molecule has 0 amide bonds. The average molecular weight is 509 g/mol. The van der Waals surface area contributed by atoms with Crippen molar-refractivity contribution in [3.63, 3.8) is 0 Å². The molecule has 5 rings (SSSR count). The van der Waals surface area contributed by atoms with Gasteiger partial charge in [0.15, 0.2) is 0 Å². The molecule has 4 aromatic carbocycles. The Labute approximate surface area is 223 Å². The summed E-state index contributed by atoms with van der Waals surface area (Å²) in [5.41, 5.74) is 5.06. The molecular weight excluding hydrogens is 483 g/mol. The van der Waals surface area contributed by atoms with Crippen molar-refractivity contribution in [2.45, 2.75) is 18.9 Å². The Hall–Kier alpha value is -2.13. The molecule has 1 aliphatic rings. The molecule has 0 heterocycles. The zero-order valence-corrected chi connectivity index (χ0v) is 21.6. The maximum atomic E-state index is 12.6. The van der Waals surface area contributed by atoms with E-state index >= 15 is 0 Å². The molecule has 0 fully saturated rings. The van der Waals surface area contributed by atoms with Gasteiger partial charge in [-0.2, -0.15) is 0 Å². The molecule has 33 heavy (non-hydrogen) atoms. The first-order chi connectivity index (χ1) is 14.7. The number of fused-ring (bicyclic) bond motifs is 1. The summed E-state index contributed by atoms with van der Waals surface area (Å²) in [5.74, 6) is 0. The molecule has 1 N–H and O–H groups in total. The third-order valence-electron chi connectivity index (χ3n) is 6.07. The normalized spacial score (nSPS) is 12.7. The zero-order valence-electron chi connectivity index (χ0n) is 18.4. The quantitative estimate of drug-likeness (QED) is 0.221. The predicted molar refractivity (Wildman–Crippen MR) is 140 cm³/mol. The first kappa shape index (κ1) is 27.1. The van der Waals surface area contributed by atoms with Crippen molar-refractivity contribution < 1.29 is 26.8 Å². The molecular formula is C29H26Cl2OTi. The van der Waals surface area contributed by atoms with Crippen molar-refractivity contribution in [1.82, 2.24) is 0 Å². The van der Waals surface area contributed by atoms with Crippen molar-refractivity contribution in [2.75, 3.05) is 0 Å². The third-order valence-corrected chi connectivity index (χ3v) is 6.07. The van der Waals surface area contributed by atoms with Gasteiger partial charge in [-0.25, -0.2) is 0 Å². The number of halogens is 2. The molecule has 0 aliphatic heterocycles. The SMILES string of the molecule is CC1=CCC(c2ccc3ccccc3c2C(O)(c2ccccc2)c2ccccc2)=C1.Cl.Cl.[Ti]. The summed E-state index contributed by atoms with van der Waals surface area (Å²) < 4.78 is 0. The van der Waals surface area contributed by atoms with Crippen molar-refractivity contribution in [3.05, 3.63) is 137 Å². The van der Waals surface area contributed by atoms with Crippen LogP contribution in [0.3, 0.4) is 0 Å². The van der Waals surface area contributed by atoms with E-state index in [1.165, 1.54) is 11.1 Å². The summed E-state index contributed by atoms with van der Waals surface area (Å²) in [7, 11) is 0. The topological polar surface area (TPSA) is 20.2 Å². The number of aliphatic hydroxyl groups is 1. The molecule has 0 bridgehead atoms. The summed E-state index contributed by atoms with van der Waals surface area (Å²) in [4.78, 5) is 0. The Morgan fingerprint density at radius 2 is 1.24 bits per heavy atom. The van der Waals surface area contributed by atoms with Gasteiger partial charge in [-0.15, -0.1) is 24.8 Å². The molecule has 0 aromatic heterocycles. The number of benzene rings is 4. The van der Waals surface area contributed by atoms with Crippen molar-refractivity contribution in [3.8, 4) is 0 Å². The van der Waals surface area contributed by atoms with E-state index in [4.69, 9.17) is 0 Å².